The quantitative estimate of drug-likeness (QED) is 0.775. The smallest absolute Gasteiger partial charge is 0.317 e. The average molecular weight is 361 g/mol. The number of thiophene rings is 1. The molecule has 1 aliphatic carbocycles. The van der Waals surface area contributed by atoms with Crippen molar-refractivity contribution in [2.75, 3.05) is 19.5 Å². The number of primary amides is 2. The number of rotatable bonds is 4. The van der Waals surface area contributed by atoms with Gasteiger partial charge >= 0.3 is 6.03 Å². The molecule has 0 saturated heterocycles. The van der Waals surface area contributed by atoms with Gasteiger partial charge in [-0.25, -0.2) is 4.79 Å². The molecule has 1 aromatic heterocycles. The molecule has 3 rings (SSSR count). The van der Waals surface area contributed by atoms with Crippen LogP contribution in [0.4, 0.5) is 9.80 Å². The number of carbonyl (C=O) groups excluding carboxylic acids is 2. The Morgan fingerprint density at radius 1 is 1.12 bits per heavy atom. The van der Waals surface area contributed by atoms with Crippen LogP contribution in [-0.2, 0) is 12.8 Å². The number of hydrogen-bond acceptors (Lipinski definition) is 5. The minimum atomic E-state index is -0.730. The van der Waals surface area contributed by atoms with E-state index in [-0.39, 0.29) is 0 Å². The number of fused-ring (bicyclic) bond motifs is 3. The van der Waals surface area contributed by atoms with Crippen molar-refractivity contribution in [3.05, 3.63) is 28.8 Å². The number of amides is 3. The molecular formula is C17H19N3O4S. The molecule has 0 atom stereocenters. The molecule has 8 heteroatoms. The number of nitrogens with one attached hydrogen (secondary N) is 1. The van der Waals surface area contributed by atoms with Crippen molar-refractivity contribution >= 4 is 28.3 Å². The van der Waals surface area contributed by atoms with Gasteiger partial charge in [0.2, 0.25) is 0 Å². The van der Waals surface area contributed by atoms with E-state index in [0.717, 1.165) is 34.4 Å². The molecule has 0 unspecified atom stereocenters. The lowest BCUT2D eigenvalue weighted by Crippen LogP contribution is -2.22. The Hall–Kier alpha value is -2.74. The van der Waals surface area contributed by atoms with Gasteiger partial charge in [0.05, 0.1) is 19.8 Å². The van der Waals surface area contributed by atoms with Crippen molar-refractivity contribution in [2.24, 2.45) is 11.5 Å². The summed E-state index contributed by atoms with van der Waals surface area (Å²) in [6, 6.07) is 3.04. The van der Waals surface area contributed by atoms with Crippen molar-refractivity contribution in [3.63, 3.8) is 0 Å². The largest absolute Gasteiger partial charge is 0.493 e. The first-order chi connectivity index (χ1) is 12.0. The van der Waals surface area contributed by atoms with Crippen LogP contribution in [0.25, 0.3) is 10.4 Å². The molecule has 5 N–H and O–H groups in total. The topological polar surface area (TPSA) is 117 Å². The predicted molar refractivity (Wildman–Crippen MR) is 96.6 cm³/mol. The number of ether oxygens (including phenoxy) is 2. The van der Waals surface area contributed by atoms with Gasteiger partial charge in [-0.05, 0) is 42.5 Å². The SMILES string of the molecule is COc1ccc2c(c1OC)CCCc1c-2sc(NC(N)=O)c1C(N)=O. The number of urea groups is 1. The zero-order valence-electron chi connectivity index (χ0n) is 14.0. The van der Waals surface area contributed by atoms with Gasteiger partial charge in [-0.15, -0.1) is 11.3 Å². The lowest BCUT2D eigenvalue weighted by atomic mass is 10.0. The third-order valence-electron chi connectivity index (χ3n) is 4.24. The van der Waals surface area contributed by atoms with Crippen LogP contribution in [-0.4, -0.2) is 26.2 Å². The first kappa shape index (κ1) is 17.1. The highest BCUT2D eigenvalue weighted by molar-refractivity contribution is 7.20. The molecule has 0 bridgehead atoms. The molecule has 7 nitrogen and oxygen atoms in total. The highest BCUT2D eigenvalue weighted by Crippen LogP contribution is 2.48. The molecule has 0 saturated carbocycles. The second kappa shape index (κ2) is 6.64. The molecule has 2 aromatic rings. The van der Waals surface area contributed by atoms with Gasteiger partial charge in [-0.3, -0.25) is 10.1 Å². The Morgan fingerprint density at radius 3 is 2.44 bits per heavy atom. The Kier molecular flexibility index (Phi) is 4.54. The van der Waals surface area contributed by atoms with Crippen molar-refractivity contribution in [2.45, 2.75) is 19.3 Å². The van der Waals surface area contributed by atoms with Gasteiger partial charge in [-0.1, -0.05) is 0 Å². The summed E-state index contributed by atoms with van der Waals surface area (Å²) in [5.74, 6) is 0.767. The fourth-order valence-electron chi connectivity index (χ4n) is 3.28. The monoisotopic (exact) mass is 361 g/mol. The fourth-order valence-corrected chi connectivity index (χ4v) is 4.59. The van der Waals surface area contributed by atoms with E-state index >= 15 is 0 Å². The molecule has 1 aliphatic rings. The van der Waals surface area contributed by atoms with Crippen LogP contribution in [0.5, 0.6) is 11.5 Å². The molecule has 3 amide bonds. The molecule has 0 fully saturated rings. The Labute approximate surface area is 148 Å². The highest BCUT2D eigenvalue weighted by Gasteiger charge is 2.28. The first-order valence-corrected chi connectivity index (χ1v) is 8.55. The summed E-state index contributed by atoms with van der Waals surface area (Å²) >= 11 is 1.30. The minimum Gasteiger partial charge on any atom is -0.493 e. The zero-order chi connectivity index (χ0) is 18.1. The third kappa shape index (κ3) is 2.89. The van der Waals surface area contributed by atoms with Gasteiger partial charge in [0, 0.05) is 10.4 Å². The van der Waals surface area contributed by atoms with Gasteiger partial charge in [0.1, 0.15) is 5.00 Å². The summed E-state index contributed by atoms with van der Waals surface area (Å²) in [6.07, 6.45) is 2.27. The second-order valence-corrected chi connectivity index (χ2v) is 6.67. The molecule has 132 valence electrons. The number of hydrogen-bond donors (Lipinski definition) is 3. The number of methoxy groups -OCH3 is 2. The zero-order valence-corrected chi connectivity index (χ0v) is 14.8. The summed E-state index contributed by atoms with van der Waals surface area (Å²) in [5.41, 5.74) is 13.9. The van der Waals surface area contributed by atoms with Crippen LogP contribution >= 0.6 is 11.3 Å². The van der Waals surface area contributed by atoms with Crippen LogP contribution in [0.3, 0.4) is 0 Å². The summed E-state index contributed by atoms with van der Waals surface area (Å²) < 4.78 is 10.9. The highest BCUT2D eigenvalue weighted by atomic mass is 32.1. The van der Waals surface area contributed by atoms with Gasteiger partial charge in [-0.2, -0.15) is 0 Å². The van der Waals surface area contributed by atoms with E-state index in [1.54, 1.807) is 14.2 Å². The average Bonchev–Trinajstić information content (AvgIpc) is 2.81. The number of nitrogens with two attached hydrogens (primary N) is 2. The Balaban J connectivity index is 2.26. The Morgan fingerprint density at radius 2 is 1.84 bits per heavy atom. The molecule has 0 radical (unpaired) electrons. The number of carbonyl (C=O) groups is 2. The predicted octanol–water partition coefficient (Wildman–Crippen LogP) is 2.51. The van der Waals surface area contributed by atoms with E-state index in [2.05, 4.69) is 5.32 Å². The van der Waals surface area contributed by atoms with Gasteiger partial charge in [0.25, 0.3) is 5.91 Å². The Bertz CT molecular complexity index is 860. The first-order valence-electron chi connectivity index (χ1n) is 7.74. The van der Waals surface area contributed by atoms with Crippen molar-refractivity contribution in [1.82, 2.24) is 0 Å². The summed E-state index contributed by atoms with van der Waals surface area (Å²) in [5, 5.41) is 2.90. The standard InChI is InChI=1S/C17H19N3O4S/c1-23-11-7-6-9-8(13(11)24-2)4-3-5-10-12(15(18)21)16(20-17(19)22)25-14(9)10/h6-7H,3-5H2,1-2H3,(H2,18,21)(H3,19,20,22). The van der Waals surface area contributed by atoms with E-state index in [4.69, 9.17) is 20.9 Å². The maximum atomic E-state index is 12.0. The number of benzene rings is 1. The van der Waals surface area contributed by atoms with Crippen LogP contribution < -0.4 is 26.3 Å². The fraction of sp³-hybridized carbons (Fsp3) is 0.294. The summed E-state index contributed by atoms with van der Waals surface area (Å²) in [4.78, 5) is 24.2. The summed E-state index contributed by atoms with van der Waals surface area (Å²) in [7, 11) is 3.20. The molecule has 1 heterocycles. The van der Waals surface area contributed by atoms with E-state index in [1.807, 2.05) is 12.1 Å². The van der Waals surface area contributed by atoms with Crippen molar-refractivity contribution < 1.29 is 19.1 Å². The van der Waals surface area contributed by atoms with Gasteiger partial charge < -0.3 is 20.9 Å². The third-order valence-corrected chi connectivity index (χ3v) is 5.42. The number of anilines is 1. The van der Waals surface area contributed by atoms with Crippen LogP contribution in [0.2, 0.25) is 0 Å². The van der Waals surface area contributed by atoms with E-state index < -0.39 is 11.9 Å². The van der Waals surface area contributed by atoms with Gasteiger partial charge in [0.15, 0.2) is 11.5 Å². The normalized spacial score (nSPS) is 12.6. The van der Waals surface area contributed by atoms with Crippen molar-refractivity contribution in [1.29, 1.82) is 0 Å². The van der Waals surface area contributed by atoms with E-state index in [9.17, 15) is 9.59 Å². The molecular weight excluding hydrogens is 342 g/mol. The van der Waals surface area contributed by atoms with Crippen LogP contribution in [0, 0.1) is 0 Å². The minimum absolute atomic E-state index is 0.335. The van der Waals surface area contributed by atoms with Crippen LogP contribution in [0.1, 0.15) is 27.9 Å². The van der Waals surface area contributed by atoms with Crippen LogP contribution in [0.15, 0.2) is 12.1 Å². The maximum absolute atomic E-state index is 12.0. The second-order valence-electron chi connectivity index (χ2n) is 5.65. The molecule has 25 heavy (non-hydrogen) atoms. The molecule has 0 spiro atoms. The summed E-state index contributed by atoms with van der Waals surface area (Å²) in [6.45, 7) is 0. The van der Waals surface area contributed by atoms with Crippen molar-refractivity contribution in [3.8, 4) is 21.9 Å². The maximum Gasteiger partial charge on any atom is 0.317 e. The lowest BCUT2D eigenvalue weighted by Gasteiger charge is -2.15. The lowest BCUT2D eigenvalue weighted by molar-refractivity contribution is 0.100. The van der Waals surface area contributed by atoms with E-state index in [0.29, 0.717) is 28.5 Å². The molecule has 1 aromatic carbocycles. The molecule has 0 aliphatic heterocycles. The van der Waals surface area contributed by atoms with E-state index in [1.165, 1.54) is 11.3 Å².